The SMILES string of the molecule is CCC1SC[C@@H](C(=O)N[C@@H](Cc2ccc(NC(=O)CCCN/C(N)=N/C#N)cc2)C(=O)O)N1S(=O)(=O)c1ccccc1. The highest BCUT2D eigenvalue weighted by Gasteiger charge is 2.46. The molecule has 1 heterocycles. The van der Waals surface area contributed by atoms with Crippen LogP contribution in [0.3, 0.4) is 0 Å². The van der Waals surface area contributed by atoms with Gasteiger partial charge in [0, 0.05) is 30.8 Å². The number of nitrogens with two attached hydrogens (primary N) is 1. The number of aliphatic carboxylic acids is 1. The fraction of sp³-hybridized carbons (Fsp3) is 0.370. The van der Waals surface area contributed by atoms with Crippen molar-refractivity contribution in [3.05, 3.63) is 60.2 Å². The Morgan fingerprint density at radius 1 is 1.19 bits per heavy atom. The Bertz CT molecular complexity index is 1430. The van der Waals surface area contributed by atoms with Gasteiger partial charge in [-0.2, -0.15) is 9.57 Å². The van der Waals surface area contributed by atoms with Gasteiger partial charge in [0.05, 0.1) is 10.3 Å². The van der Waals surface area contributed by atoms with Gasteiger partial charge < -0.3 is 26.8 Å². The first-order chi connectivity index (χ1) is 20.1. The van der Waals surface area contributed by atoms with Gasteiger partial charge in [-0.05, 0) is 42.7 Å². The number of guanidine groups is 1. The quantitative estimate of drug-likeness (QED) is 0.0948. The molecule has 2 amide bonds. The highest BCUT2D eigenvalue weighted by Crippen LogP contribution is 2.36. The van der Waals surface area contributed by atoms with Crippen LogP contribution in [0.15, 0.2) is 64.5 Å². The maximum absolute atomic E-state index is 13.4. The minimum absolute atomic E-state index is 0.0221. The van der Waals surface area contributed by atoms with Crippen LogP contribution in [0.25, 0.3) is 0 Å². The van der Waals surface area contributed by atoms with E-state index in [9.17, 15) is 27.9 Å². The van der Waals surface area contributed by atoms with Crippen molar-refractivity contribution in [1.82, 2.24) is 14.9 Å². The predicted molar refractivity (Wildman–Crippen MR) is 159 cm³/mol. The van der Waals surface area contributed by atoms with Crippen LogP contribution < -0.4 is 21.7 Å². The second-order valence-electron chi connectivity index (χ2n) is 9.34. The fourth-order valence-electron chi connectivity index (χ4n) is 4.29. The predicted octanol–water partition coefficient (Wildman–Crippen LogP) is 1.44. The van der Waals surface area contributed by atoms with Crippen molar-refractivity contribution in [2.24, 2.45) is 10.7 Å². The van der Waals surface area contributed by atoms with Crippen molar-refractivity contribution in [1.29, 1.82) is 5.26 Å². The number of nitriles is 1. The highest BCUT2D eigenvalue weighted by atomic mass is 32.2. The van der Waals surface area contributed by atoms with Gasteiger partial charge in [-0.15, -0.1) is 16.8 Å². The maximum atomic E-state index is 13.4. The monoisotopic (exact) mass is 615 g/mol. The maximum Gasteiger partial charge on any atom is 0.326 e. The highest BCUT2D eigenvalue weighted by molar-refractivity contribution is 8.01. The summed E-state index contributed by atoms with van der Waals surface area (Å²) in [5, 5.41) is 25.8. The molecule has 1 aliphatic heterocycles. The molecule has 6 N–H and O–H groups in total. The average molecular weight is 616 g/mol. The van der Waals surface area contributed by atoms with Gasteiger partial charge in [0.25, 0.3) is 0 Å². The third kappa shape index (κ3) is 8.68. The molecule has 13 nitrogen and oxygen atoms in total. The zero-order chi connectivity index (χ0) is 30.7. The summed E-state index contributed by atoms with van der Waals surface area (Å²) in [6.07, 6.45) is 2.63. The molecule has 1 saturated heterocycles. The Hall–Kier alpha value is -4.13. The Morgan fingerprint density at radius 2 is 1.88 bits per heavy atom. The van der Waals surface area contributed by atoms with Crippen LogP contribution in [-0.2, 0) is 30.8 Å². The first kappa shape index (κ1) is 32.4. The molecule has 42 heavy (non-hydrogen) atoms. The lowest BCUT2D eigenvalue weighted by atomic mass is 10.0. The van der Waals surface area contributed by atoms with Crippen molar-refractivity contribution < 1.29 is 27.9 Å². The summed E-state index contributed by atoms with van der Waals surface area (Å²) in [5.41, 5.74) is 6.54. The molecule has 3 rings (SSSR count). The van der Waals surface area contributed by atoms with Crippen LogP contribution in [0.1, 0.15) is 31.7 Å². The fourth-order valence-corrected chi connectivity index (χ4v) is 7.86. The van der Waals surface area contributed by atoms with Crippen LogP contribution in [0.5, 0.6) is 0 Å². The Balaban J connectivity index is 1.60. The summed E-state index contributed by atoms with van der Waals surface area (Å²) >= 11 is 1.34. The first-order valence-corrected chi connectivity index (χ1v) is 15.6. The van der Waals surface area contributed by atoms with E-state index in [1.165, 1.54) is 28.2 Å². The number of benzene rings is 2. The molecule has 0 radical (unpaired) electrons. The van der Waals surface area contributed by atoms with Gasteiger partial charge >= 0.3 is 5.97 Å². The van der Waals surface area contributed by atoms with Crippen molar-refractivity contribution in [3.63, 3.8) is 0 Å². The third-order valence-electron chi connectivity index (χ3n) is 6.36. The topological polar surface area (TPSA) is 207 Å². The van der Waals surface area contributed by atoms with Crippen LogP contribution in [-0.4, -0.2) is 71.3 Å². The summed E-state index contributed by atoms with van der Waals surface area (Å²) in [5.74, 6) is -2.00. The lowest BCUT2D eigenvalue weighted by molar-refractivity contribution is -0.142. The number of sulfonamides is 1. The number of carboxylic acid groups (broad SMARTS) is 1. The van der Waals surface area contributed by atoms with E-state index in [-0.39, 0.29) is 35.4 Å². The summed E-state index contributed by atoms with van der Waals surface area (Å²) < 4.78 is 28.0. The second kappa shape index (κ2) is 15.2. The van der Waals surface area contributed by atoms with E-state index in [0.717, 1.165) is 0 Å². The summed E-state index contributed by atoms with van der Waals surface area (Å²) in [6, 6.07) is 12.0. The number of nitrogens with zero attached hydrogens (tertiary/aromatic N) is 3. The molecule has 0 aromatic heterocycles. The molecule has 2 aromatic rings. The van der Waals surface area contributed by atoms with E-state index < -0.39 is 39.4 Å². The van der Waals surface area contributed by atoms with E-state index in [1.54, 1.807) is 48.7 Å². The number of rotatable bonds is 13. The van der Waals surface area contributed by atoms with Gasteiger partial charge in [0.1, 0.15) is 12.1 Å². The summed E-state index contributed by atoms with van der Waals surface area (Å²) in [4.78, 5) is 40.9. The molecular weight excluding hydrogens is 582 g/mol. The number of amides is 2. The van der Waals surface area contributed by atoms with Gasteiger partial charge in [0.2, 0.25) is 34.0 Å². The number of carbonyl (C=O) groups is 3. The van der Waals surface area contributed by atoms with E-state index >= 15 is 0 Å². The number of carboxylic acids is 1. The van der Waals surface area contributed by atoms with E-state index in [2.05, 4.69) is 20.9 Å². The molecule has 0 aliphatic carbocycles. The van der Waals surface area contributed by atoms with Gasteiger partial charge in [-0.25, -0.2) is 13.2 Å². The largest absolute Gasteiger partial charge is 0.480 e. The molecule has 1 aliphatic rings. The van der Waals surface area contributed by atoms with Crippen molar-refractivity contribution >= 4 is 51.2 Å². The molecule has 0 bridgehead atoms. The zero-order valence-electron chi connectivity index (χ0n) is 22.9. The molecule has 0 spiro atoms. The lowest BCUT2D eigenvalue weighted by Gasteiger charge is -2.28. The Kier molecular flexibility index (Phi) is 11.7. The molecule has 3 atom stereocenters. The number of aliphatic imine (C=N–C) groups is 1. The first-order valence-electron chi connectivity index (χ1n) is 13.1. The van der Waals surface area contributed by atoms with E-state index in [0.29, 0.717) is 30.6 Å². The lowest BCUT2D eigenvalue weighted by Crippen LogP contribution is -2.53. The minimum Gasteiger partial charge on any atom is -0.480 e. The number of anilines is 1. The number of hydrogen-bond donors (Lipinski definition) is 5. The number of nitrogens with one attached hydrogen (secondary N) is 3. The van der Waals surface area contributed by atoms with Gasteiger partial charge in [0.15, 0.2) is 0 Å². The minimum atomic E-state index is -3.99. The molecule has 15 heteroatoms. The molecule has 1 fully saturated rings. The third-order valence-corrected chi connectivity index (χ3v) is 9.88. The Morgan fingerprint density at radius 3 is 2.50 bits per heavy atom. The van der Waals surface area contributed by atoms with Crippen LogP contribution in [0.2, 0.25) is 0 Å². The molecule has 2 aromatic carbocycles. The molecular formula is C27H33N7O6S2. The zero-order valence-corrected chi connectivity index (χ0v) is 24.5. The number of carbonyl (C=O) groups excluding carboxylic acids is 2. The normalized spacial score (nSPS) is 18.0. The van der Waals surface area contributed by atoms with Crippen molar-refractivity contribution in [2.75, 3.05) is 17.6 Å². The number of hydrogen-bond acceptors (Lipinski definition) is 8. The Labute approximate surface area is 248 Å². The van der Waals surface area contributed by atoms with Crippen LogP contribution in [0, 0.1) is 11.5 Å². The molecule has 224 valence electrons. The second-order valence-corrected chi connectivity index (χ2v) is 12.4. The van der Waals surface area contributed by atoms with E-state index in [4.69, 9.17) is 11.0 Å². The number of thioether (sulfide) groups is 1. The summed E-state index contributed by atoms with van der Waals surface area (Å²) in [7, 11) is -3.99. The molecule has 0 saturated carbocycles. The molecule has 1 unspecified atom stereocenters. The van der Waals surface area contributed by atoms with E-state index in [1.807, 2.05) is 6.92 Å². The van der Waals surface area contributed by atoms with Crippen LogP contribution >= 0.6 is 11.8 Å². The van der Waals surface area contributed by atoms with Crippen molar-refractivity contribution in [3.8, 4) is 6.19 Å². The van der Waals surface area contributed by atoms with Gasteiger partial charge in [-0.3, -0.25) is 9.59 Å². The van der Waals surface area contributed by atoms with Crippen LogP contribution in [0.4, 0.5) is 5.69 Å². The average Bonchev–Trinajstić information content (AvgIpc) is 3.42. The summed E-state index contributed by atoms with van der Waals surface area (Å²) in [6.45, 7) is 2.19. The standard InChI is InChI=1S/C27H33N7O6S2/c1-2-24-34(42(39,40)20-7-4-3-5-8-20)22(16-41-24)25(36)33-21(26(37)38)15-18-10-12-19(13-11-18)32-23(35)9-6-14-30-27(29)31-17-28/h3-5,7-8,10-13,21-22,24H,2,6,9,14-16H2,1H3,(H,32,35)(H,33,36)(H,37,38)(H3,29,30,31)/t21-,22-,24?/m0/s1. The smallest absolute Gasteiger partial charge is 0.326 e. The van der Waals surface area contributed by atoms with Gasteiger partial charge in [-0.1, -0.05) is 37.3 Å². The van der Waals surface area contributed by atoms with Crippen molar-refractivity contribution in [2.45, 2.75) is 55.0 Å².